The summed E-state index contributed by atoms with van der Waals surface area (Å²) in [5.41, 5.74) is 5.60. The van der Waals surface area contributed by atoms with Gasteiger partial charge in [-0.15, -0.1) is 0 Å². The Hall–Kier alpha value is -0.610. The molecule has 0 bridgehead atoms. The maximum Gasteiger partial charge on any atom is 0.322 e. The molecule has 0 aromatic carbocycles. The van der Waals surface area contributed by atoms with Gasteiger partial charge in [-0.25, -0.2) is 0 Å². The zero-order valence-corrected chi connectivity index (χ0v) is 11.4. The molecule has 2 unspecified atom stereocenters. The van der Waals surface area contributed by atoms with Crippen LogP contribution < -0.4 is 5.73 Å². The Morgan fingerprint density at radius 1 is 1.24 bits per heavy atom. The Morgan fingerprint density at radius 2 is 1.94 bits per heavy atom. The topological polar surface area (TPSA) is 61.5 Å². The third-order valence-corrected chi connectivity index (χ3v) is 2.80. The summed E-state index contributed by atoms with van der Waals surface area (Å²) in [4.78, 5) is 11.0. The first-order chi connectivity index (χ1) is 8.11. The van der Waals surface area contributed by atoms with Crippen LogP contribution in [0.15, 0.2) is 0 Å². The number of rotatable bonds is 10. The van der Waals surface area contributed by atoms with Gasteiger partial charge in [0.25, 0.3) is 0 Å². The predicted molar refractivity (Wildman–Crippen MR) is 68.8 cm³/mol. The fraction of sp³-hybridized carbons (Fsp3) is 0.923. The van der Waals surface area contributed by atoms with Gasteiger partial charge in [-0.05, 0) is 19.8 Å². The molecule has 0 saturated heterocycles. The molecule has 0 heterocycles. The average Bonchev–Trinajstić information content (AvgIpc) is 2.33. The number of hydrogen-bond donors (Lipinski definition) is 1. The van der Waals surface area contributed by atoms with E-state index in [1.165, 1.54) is 32.8 Å². The van der Waals surface area contributed by atoms with E-state index < -0.39 is 6.04 Å². The van der Waals surface area contributed by atoms with Crippen LogP contribution >= 0.6 is 0 Å². The zero-order chi connectivity index (χ0) is 13.1. The summed E-state index contributed by atoms with van der Waals surface area (Å²) < 4.78 is 10.1. The second-order valence-corrected chi connectivity index (χ2v) is 4.45. The summed E-state index contributed by atoms with van der Waals surface area (Å²) in [5, 5.41) is 0. The lowest BCUT2D eigenvalue weighted by atomic mass is 10.1. The number of methoxy groups -OCH3 is 1. The molecule has 4 heteroatoms. The number of esters is 1. The quantitative estimate of drug-likeness (QED) is 0.473. The van der Waals surface area contributed by atoms with Crippen LogP contribution in [0, 0.1) is 0 Å². The second-order valence-electron chi connectivity index (χ2n) is 4.45. The van der Waals surface area contributed by atoms with Crippen molar-refractivity contribution in [3.8, 4) is 0 Å². The van der Waals surface area contributed by atoms with E-state index in [4.69, 9.17) is 10.5 Å². The molecule has 0 rings (SSSR count). The first-order valence-electron chi connectivity index (χ1n) is 6.56. The van der Waals surface area contributed by atoms with Crippen LogP contribution in [-0.2, 0) is 14.3 Å². The van der Waals surface area contributed by atoms with Crippen molar-refractivity contribution in [3.05, 3.63) is 0 Å². The van der Waals surface area contributed by atoms with Crippen LogP contribution in [0.1, 0.15) is 52.4 Å². The lowest BCUT2D eigenvalue weighted by Gasteiger charge is -2.14. The number of carbonyl (C=O) groups excluding carboxylic acids is 1. The predicted octanol–water partition coefficient (Wildman–Crippen LogP) is 2.25. The summed E-state index contributed by atoms with van der Waals surface area (Å²) in [5.74, 6) is -0.371. The third kappa shape index (κ3) is 9.12. The fourth-order valence-electron chi connectivity index (χ4n) is 1.61. The summed E-state index contributed by atoms with van der Waals surface area (Å²) in [6, 6.07) is -0.563. The van der Waals surface area contributed by atoms with E-state index in [0.29, 0.717) is 13.0 Å². The Labute approximate surface area is 105 Å². The van der Waals surface area contributed by atoms with E-state index in [1.807, 2.05) is 0 Å². The van der Waals surface area contributed by atoms with E-state index >= 15 is 0 Å². The summed E-state index contributed by atoms with van der Waals surface area (Å²) in [7, 11) is 1.35. The van der Waals surface area contributed by atoms with E-state index in [-0.39, 0.29) is 12.1 Å². The van der Waals surface area contributed by atoms with E-state index in [9.17, 15) is 4.79 Å². The molecule has 4 nitrogen and oxygen atoms in total. The number of ether oxygens (including phenoxy) is 2. The molecule has 2 atom stereocenters. The van der Waals surface area contributed by atoms with Crippen molar-refractivity contribution in [2.75, 3.05) is 13.7 Å². The molecule has 0 aliphatic carbocycles. The van der Waals surface area contributed by atoms with E-state index in [2.05, 4.69) is 18.6 Å². The van der Waals surface area contributed by atoms with Crippen LogP contribution in [0.5, 0.6) is 0 Å². The van der Waals surface area contributed by atoms with Crippen molar-refractivity contribution >= 4 is 5.97 Å². The number of unbranched alkanes of at least 4 members (excludes halogenated alkanes) is 3. The SMILES string of the molecule is CCCCCCC(C)OCCC(N)C(=O)OC. The van der Waals surface area contributed by atoms with Gasteiger partial charge in [0, 0.05) is 6.61 Å². The van der Waals surface area contributed by atoms with Gasteiger partial charge in [-0.2, -0.15) is 0 Å². The van der Waals surface area contributed by atoms with E-state index in [1.54, 1.807) is 0 Å². The Bertz CT molecular complexity index is 197. The third-order valence-electron chi connectivity index (χ3n) is 2.80. The van der Waals surface area contributed by atoms with Crippen molar-refractivity contribution in [3.63, 3.8) is 0 Å². The highest BCUT2D eigenvalue weighted by Gasteiger charge is 2.13. The molecule has 0 spiro atoms. The molecular weight excluding hydrogens is 218 g/mol. The Balaban J connectivity index is 3.44. The molecule has 0 fully saturated rings. The lowest BCUT2D eigenvalue weighted by Crippen LogP contribution is -2.33. The standard InChI is InChI=1S/C13H27NO3/c1-4-5-6-7-8-11(2)17-10-9-12(14)13(15)16-3/h11-12H,4-10,14H2,1-3H3. The highest BCUT2D eigenvalue weighted by Crippen LogP contribution is 2.08. The normalized spacial score (nSPS) is 14.4. The Morgan fingerprint density at radius 3 is 2.53 bits per heavy atom. The minimum absolute atomic E-state index is 0.247. The van der Waals surface area contributed by atoms with Crippen LogP contribution in [0.4, 0.5) is 0 Å². The van der Waals surface area contributed by atoms with Crippen LogP contribution in [0.3, 0.4) is 0 Å². The van der Waals surface area contributed by atoms with Gasteiger partial charge >= 0.3 is 5.97 Å². The van der Waals surface area contributed by atoms with Crippen molar-refractivity contribution in [1.29, 1.82) is 0 Å². The molecule has 0 aliphatic heterocycles. The van der Waals surface area contributed by atoms with Crippen LogP contribution in [0.2, 0.25) is 0 Å². The average molecular weight is 245 g/mol. The minimum Gasteiger partial charge on any atom is -0.468 e. The van der Waals surface area contributed by atoms with Crippen LogP contribution in [0.25, 0.3) is 0 Å². The maximum atomic E-state index is 11.0. The van der Waals surface area contributed by atoms with Gasteiger partial charge in [-0.1, -0.05) is 32.6 Å². The molecule has 0 aromatic heterocycles. The molecule has 2 N–H and O–H groups in total. The van der Waals surface area contributed by atoms with Crippen molar-refractivity contribution in [2.45, 2.75) is 64.5 Å². The van der Waals surface area contributed by atoms with Crippen LogP contribution in [-0.4, -0.2) is 31.8 Å². The van der Waals surface area contributed by atoms with Gasteiger partial charge in [0.05, 0.1) is 13.2 Å². The smallest absolute Gasteiger partial charge is 0.322 e. The molecule has 17 heavy (non-hydrogen) atoms. The van der Waals surface area contributed by atoms with Gasteiger partial charge in [0.2, 0.25) is 0 Å². The largest absolute Gasteiger partial charge is 0.468 e. The van der Waals surface area contributed by atoms with Gasteiger partial charge in [-0.3, -0.25) is 4.79 Å². The maximum absolute atomic E-state index is 11.0. The molecule has 0 saturated carbocycles. The van der Waals surface area contributed by atoms with Crippen molar-refractivity contribution < 1.29 is 14.3 Å². The molecule has 0 radical (unpaired) electrons. The van der Waals surface area contributed by atoms with Gasteiger partial charge < -0.3 is 15.2 Å². The lowest BCUT2D eigenvalue weighted by molar-refractivity contribution is -0.142. The van der Waals surface area contributed by atoms with E-state index in [0.717, 1.165) is 6.42 Å². The Kier molecular flexibility index (Phi) is 10.2. The molecule has 0 aliphatic rings. The summed E-state index contributed by atoms with van der Waals surface area (Å²) in [6.07, 6.45) is 6.86. The zero-order valence-electron chi connectivity index (χ0n) is 11.4. The highest BCUT2D eigenvalue weighted by molar-refractivity contribution is 5.75. The number of nitrogens with two attached hydrogens (primary N) is 1. The number of carbonyl (C=O) groups is 1. The summed E-state index contributed by atoms with van der Waals surface area (Å²) >= 11 is 0. The first-order valence-corrected chi connectivity index (χ1v) is 6.56. The molecule has 0 aromatic rings. The van der Waals surface area contributed by atoms with Gasteiger partial charge in [0.15, 0.2) is 0 Å². The number of hydrogen-bond acceptors (Lipinski definition) is 4. The second kappa shape index (κ2) is 10.5. The summed E-state index contributed by atoms with van der Waals surface area (Å²) in [6.45, 7) is 4.79. The van der Waals surface area contributed by atoms with Gasteiger partial charge in [0.1, 0.15) is 6.04 Å². The fourth-order valence-corrected chi connectivity index (χ4v) is 1.61. The minimum atomic E-state index is -0.563. The van der Waals surface area contributed by atoms with Crippen molar-refractivity contribution in [2.24, 2.45) is 5.73 Å². The van der Waals surface area contributed by atoms with Crippen molar-refractivity contribution in [1.82, 2.24) is 0 Å². The molecule has 0 amide bonds. The molecular formula is C13H27NO3. The highest BCUT2D eigenvalue weighted by atomic mass is 16.5. The molecule has 102 valence electrons. The monoisotopic (exact) mass is 245 g/mol. The first kappa shape index (κ1) is 16.4.